The summed E-state index contributed by atoms with van der Waals surface area (Å²) in [6.07, 6.45) is -0.316. The van der Waals surface area contributed by atoms with Crippen molar-refractivity contribution in [2.24, 2.45) is 0 Å². The first kappa shape index (κ1) is 15.5. The summed E-state index contributed by atoms with van der Waals surface area (Å²) in [6.45, 7) is 1.94. The second-order valence-corrected chi connectivity index (χ2v) is 5.37. The van der Waals surface area contributed by atoms with Crippen molar-refractivity contribution in [2.45, 2.75) is 13.3 Å². The number of nitrogens with one attached hydrogen (secondary N) is 1. The van der Waals surface area contributed by atoms with Crippen LogP contribution in [0.5, 0.6) is 0 Å². The van der Waals surface area contributed by atoms with E-state index in [1.807, 2.05) is 17.5 Å². The number of hydrogen-bond acceptors (Lipinski definition) is 5. The van der Waals surface area contributed by atoms with Crippen LogP contribution in [0.1, 0.15) is 13.3 Å². The van der Waals surface area contributed by atoms with Gasteiger partial charge in [-0.05, 0) is 19.1 Å². The van der Waals surface area contributed by atoms with Gasteiger partial charge in [0.05, 0.1) is 12.3 Å². The van der Waals surface area contributed by atoms with Crippen LogP contribution < -0.4 is 5.32 Å². The predicted octanol–water partition coefficient (Wildman–Crippen LogP) is 3.36. The molecule has 0 radical (unpaired) electrons. The molecule has 0 saturated heterocycles. The zero-order chi connectivity index (χ0) is 15.2. The lowest BCUT2D eigenvalue weighted by molar-refractivity contribution is -0.145. The zero-order valence-electron chi connectivity index (χ0n) is 11.3. The Balaban J connectivity index is 1.98. The van der Waals surface area contributed by atoms with Crippen molar-refractivity contribution >= 4 is 39.9 Å². The first-order chi connectivity index (χ1) is 10.1. The maximum atomic E-state index is 11.6. The van der Waals surface area contributed by atoms with E-state index in [0.717, 1.165) is 11.3 Å². The third-order valence-corrected chi connectivity index (χ3v) is 3.51. The Hall–Kier alpha value is -1.92. The van der Waals surface area contributed by atoms with E-state index in [2.05, 4.69) is 10.3 Å². The molecule has 1 N–H and O–H groups in total. The average Bonchev–Trinajstić information content (AvgIpc) is 2.88. The highest BCUT2D eigenvalue weighted by Gasteiger charge is 2.12. The maximum absolute atomic E-state index is 11.6. The molecule has 110 valence electrons. The minimum atomic E-state index is -0.551. The lowest BCUT2D eigenvalue weighted by atomic mass is 10.2. The number of anilines is 1. The summed E-state index contributed by atoms with van der Waals surface area (Å²) in [4.78, 5) is 27.1. The number of rotatable bonds is 5. The Labute approximate surface area is 130 Å². The van der Waals surface area contributed by atoms with E-state index in [1.165, 1.54) is 11.3 Å². The van der Waals surface area contributed by atoms with E-state index in [9.17, 15) is 9.59 Å². The van der Waals surface area contributed by atoms with Crippen molar-refractivity contribution in [2.75, 3.05) is 11.9 Å². The largest absolute Gasteiger partial charge is 0.466 e. The zero-order valence-corrected chi connectivity index (χ0v) is 12.8. The van der Waals surface area contributed by atoms with Gasteiger partial charge in [0.15, 0.2) is 5.13 Å². The van der Waals surface area contributed by atoms with Gasteiger partial charge in [0.1, 0.15) is 6.42 Å². The molecule has 0 saturated carbocycles. The van der Waals surface area contributed by atoms with Gasteiger partial charge in [-0.2, -0.15) is 0 Å². The van der Waals surface area contributed by atoms with Crippen LogP contribution in [0.3, 0.4) is 0 Å². The molecule has 7 heteroatoms. The van der Waals surface area contributed by atoms with Crippen molar-refractivity contribution < 1.29 is 14.3 Å². The molecule has 0 aliphatic heterocycles. The summed E-state index contributed by atoms with van der Waals surface area (Å²) in [5.74, 6) is -0.991. The van der Waals surface area contributed by atoms with Gasteiger partial charge in [-0.25, -0.2) is 4.98 Å². The van der Waals surface area contributed by atoms with Crippen LogP contribution in [-0.4, -0.2) is 23.5 Å². The summed E-state index contributed by atoms with van der Waals surface area (Å²) < 4.78 is 4.71. The molecule has 0 atom stereocenters. The second kappa shape index (κ2) is 7.19. The number of esters is 1. The fourth-order valence-corrected chi connectivity index (χ4v) is 2.45. The smallest absolute Gasteiger partial charge is 0.315 e. The molecule has 0 aliphatic rings. The second-order valence-electron chi connectivity index (χ2n) is 4.07. The number of hydrogen-bond donors (Lipinski definition) is 1. The van der Waals surface area contributed by atoms with E-state index in [4.69, 9.17) is 16.3 Å². The molecule has 1 aromatic heterocycles. The van der Waals surface area contributed by atoms with Gasteiger partial charge in [-0.3, -0.25) is 9.59 Å². The number of aromatic nitrogens is 1. The van der Waals surface area contributed by atoms with Crippen molar-refractivity contribution in [1.29, 1.82) is 0 Å². The van der Waals surface area contributed by atoms with Gasteiger partial charge in [-0.1, -0.05) is 23.7 Å². The van der Waals surface area contributed by atoms with Crippen LogP contribution >= 0.6 is 22.9 Å². The number of carbonyl (C=O) groups excluding carboxylic acids is 2. The average molecular weight is 325 g/mol. The SMILES string of the molecule is CCOC(=O)CC(=O)Nc1nc(-c2ccc(Cl)cc2)cs1. The third-order valence-electron chi connectivity index (χ3n) is 2.50. The van der Waals surface area contributed by atoms with Crippen molar-refractivity contribution in [3.63, 3.8) is 0 Å². The molecule has 1 heterocycles. The maximum Gasteiger partial charge on any atom is 0.315 e. The lowest BCUT2D eigenvalue weighted by Gasteiger charge is -2.01. The van der Waals surface area contributed by atoms with E-state index in [1.54, 1.807) is 19.1 Å². The Morgan fingerprint density at radius 3 is 2.71 bits per heavy atom. The number of carbonyl (C=O) groups is 2. The number of amides is 1. The van der Waals surface area contributed by atoms with Crippen LogP contribution in [0.25, 0.3) is 11.3 Å². The molecule has 21 heavy (non-hydrogen) atoms. The molecule has 0 aliphatic carbocycles. The molecule has 1 aromatic carbocycles. The first-order valence-electron chi connectivity index (χ1n) is 6.25. The monoisotopic (exact) mass is 324 g/mol. The normalized spacial score (nSPS) is 10.2. The molecule has 1 amide bonds. The van der Waals surface area contributed by atoms with Crippen LogP contribution in [0, 0.1) is 0 Å². The minimum Gasteiger partial charge on any atom is -0.466 e. The topological polar surface area (TPSA) is 68.3 Å². The minimum absolute atomic E-state index is 0.254. The van der Waals surface area contributed by atoms with Crippen molar-refractivity contribution in [3.05, 3.63) is 34.7 Å². The van der Waals surface area contributed by atoms with Gasteiger partial charge in [-0.15, -0.1) is 11.3 Å². The summed E-state index contributed by atoms with van der Waals surface area (Å²) >= 11 is 7.12. The molecule has 0 fully saturated rings. The summed E-state index contributed by atoms with van der Waals surface area (Å²) in [5, 5.41) is 5.49. The Morgan fingerprint density at radius 2 is 2.05 bits per heavy atom. The molecule has 2 aromatic rings. The number of nitrogens with zero attached hydrogens (tertiary/aromatic N) is 1. The van der Waals surface area contributed by atoms with E-state index < -0.39 is 11.9 Å². The van der Waals surface area contributed by atoms with E-state index in [0.29, 0.717) is 10.2 Å². The van der Waals surface area contributed by atoms with E-state index >= 15 is 0 Å². The quantitative estimate of drug-likeness (QED) is 0.676. The Morgan fingerprint density at radius 1 is 1.33 bits per heavy atom. The molecule has 0 bridgehead atoms. The molecule has 0 unspecified atom stereocenters. The summed E-state index contributed by atoms with van der Waals surface area (Å²) in [7, 11) is 0. The van der Waals surface area contributed by atoms with Gasteiger partial charge < -0.3 is 10.1 Å². The fraction of sp³-hybridized carbons (Fsp3) is 0.214. The van der Waals surface area contributed by atoms with Crippen LogP contribution in [-0.2, 0) is 14.3 Å². The highest BCUT2D eigenvalue weighted by atomic mass is 35.5. The predicted molar refractivity (Wildman–Crippen MR) is 82.4 cm³/mol. The highest BCUT2D eigenvalue weighted by Crippen LogP contribution is 2.25. The van der Waals surface area contributed by atoms with Gasteiger partial charge in [0.2, 0.25) is 5.91 Å². The number of halogens is 1. The number of ether oxygens (including phenoxy) is 1. The fourth-order valence-electron chi connectivity index (χ4n) is 1.59. The molecule has 2 rings (SSSR count). The van der Waals surface area contributed by atoms with Gasteiger partial charge >= 0.3 is 5.97 Å². The third kappa shape index (κ3) is 4.54. The summed E-state index contributed by atoms with van der Waals surface area (Å²) in [6, 6.07) is 7.24. The molecule has 0 spiro atoms. The lowest BCUT2D eigenvalue weighted by Crippen LogP contribution is -2.18. The molecular formula is C14H13ClN2O3S. The Kier molecular flexibility index (Phi) is 5.30. The van der Waals surface area contributed by atoms with Crippen LogP contribution in [0.4, 0.5) is 5.13 Å². The standard InChI is InChI=1S/C14H13ClN2O3S/c1-2-20-13(19)7-12(18)17-14-16-11(8-21-14)9-3-5-10(15)6-4-9/h3-6,8H,2,7H2,1H3,(H,16,17,18). The number of thiazole rings is 1. The number of benzene rings is 1. The Bertz CT molecular complexity index is 640. The highest BCUT2D eigenvalue weighted by molar-refractivity contribution is 7.14. The summed E-state index contributed by atoms with van der Waals surface area (Å²) in [5.41, 5.74) is 1.64. The van der Waals surface area contributed by atoms with Gasteiger partial charge in [0, 0.05) is 16.0 Å². The van der Waals surface area contributed by atoms with Crippen LogP contribution in [0.2, 0.25) is 5.02 Å². The molecular weight excluding hydrogens is 312 g/mol. The van der Waals surface area contributed by atoms with Gasteiger partial charge in [0.25, 0.3) is 0 Å². The van der Waals surface area contributed by atoms with Crippen molar-refractivity contribution in [1.82, 2.24) is 4.98 Å². The van der Waals surface area contributed by atoms with Crippen LogP contribution in [0.15, 0.2) is 29.6 Å². The molecule has 5 nitrogen and oxygen atoms in total. The first-order valence-corrected chi connectivity index (χ1v) is 7.51. The van der Waals surface area contributed by atoms with E-state index in [-0.39, 0.29) is 13.0 Å². The van der Waals surface area contributed by atoms with Crippen molar-refractivity contribution in [3.8, 4) is 11.3 Å².